The Morgan fingerprint density at radius 2 is 1.96 bits per heavy atom. The first-order valence-electron chi connectivity index (χ1n) is 8.67. The van der Waals surface area contributed by atoms with E-state index in [1.807, 2.05) is 13.8 Å². The van der Waals surface area contributed by atoms with E-state index >= 15 is 0 Å². The first-order valence-corrected chi connectivity index (χ1v) is 9.43. The monoisotopic (exact) mass is 424 g/mol. The minimum atomic E-state index is -0.402. The fourth-order valence-corrected chi connectivity index (χ4v) is 2.49. The third-order valence-corrected chi connectivity index (χ3v) is 4.26. The van der Waals surface area contributed by atoms with Gasteiger partial charge in [0.25, 0.3) is 5.91 Å². The zero-order chi connectivity index (χ0) is 20.5. The zero-order valence-electron chi connectivity index (χ0n) is 15.9. The van der Waals surface area contributed by atoms with Crippen LogP contribution in [0.2, 0.25) is 10.0 Å². The lowest BCUT2D eigenvalue weighted by Crippen LogP contribution is -2.24. The molecule has 2 aromatic rings. The van der Waals surface area contributed by atoms with Crippen LogP contribution < -0.4 is 19.6 Å². The lowest BCUT2D eigenvalue weighted by atomic mass is 10.2. The highest BCUT2D eigenvalue weighted by atomic mass is 35.5. The Kier molecular flexibility index (Phi) is 8.42. The highest BCUT2D eigenvalue weighted by Gasteiger charge is 2.14. The maximum atomic E-state index is 11.8. The van der Waals surface area contributed by atoms with E-state index in [1.165, 1.54) is 13.3 Å². The SMILES string of the molecule is CC[C@H](C)Oc1c(Cl)cc(/C=N\NC(=O)COc2ccc(Cl)cc2)cc1OC. The molecule has 1 amide bonds. The number of amides is 1. The van der Waals surface area contributed by atoms with Crippen molar-refractivity contribution in [2.24, 2.45) is 5.10 Å². The van der Waals surface area contributed by atoms with Crippen molar-refractivity contribution in [3.05, 3.63) is 52.0 Å². The van der Waals surface area contributed by atoms with Crippen molar-refractivity contribution >= 4 is 35.3 Å². The van der Waals surface area contributed by atoms with Crippen molar-refractivity contribution in [1.29, 1.82) is 0 Å². The highest BCUT2D eigenvalue weighted by Crippen LogP contribution is 2.37. The number of carbonyl (C=O) groups excluding carboxylic acids is 1. The quantitative estimate of drug-likeness (QED) is 0.467. The number of halogens is 2. The average Bonchev–Trinajstić information content (AvgIpc) is 2.69. The lowest BCUT2D eigenvalue weighted by Gasteiger charge is -2.17. The maximum absolute atomic E-state index is 11.8. The molecule has 0 aliphatic rings. The number of nitrogens with one attached hydrogen (secondary N) is 1. The van der Waals surface area contributed by atoms with Crippen LogP contribution in [-0.2, 0) is 4.79 Å². The Bertz CT molecular complexity index is 826. The van der Waals surface area contributed by atoms with Crippen LogP contribution in [-0.4, -0.2) is 31.9 Å². The summed E-state index contributed by atoms with van der Waals surface area (Å²) in [5.74, 6) is 1.11. The van der Waals surface area contributed by atoms with Gasteiger partial charge in [0, 0.05) is 5.02 Å². The minimum absolute atomic E-state index is 0.00541. The highest BCUT2D eigenvalue weighted by molar-refractivity contribution is 6.32. The van der Waals surface area contributed by atoms with Gasteiger partial charge in [0.05, 0.1) is 24.5 Å². The molecule has 0 saturated carbocycles. The number of methoxy groups -OCH3 is 1. The second kappa shape index (κ2) is 10.8. The second-order valence-corrected chi connectivity index (χ2v) is 6.75. The summed E-state index contributed by atoms with van der Waals surface area (Å²) in [5, 5.41) is 4.91. The summed E-state index contributed by atoms with van der Waals surface area (Å²) in [5.41, 5.74) is 3.04. The van der Waals surface area contributed by atoms with E-state index in [4.69, 9.17) is 37.4 Å². The Morgan fingerprint density at radius 1 is 1.25 bits per heavy atom. The maximum Gasteiger partial charge on any atom is 0.277 e. The number of hydrogen-bond acceptors (Lipinski definition) is 5. The number of hydrogen-bond donors (Lipinski definition) is 1. The summed E-state index contributed by atoms with van der Waals surface area (Å²) in [4.78, 5) is 11.8. The number of rotatable bonds is 9. The third-order valence-electron chi connectivity index (χ3n) is 3.73. The van der Waals surface area contributed by atoms with Gasteiger partial charge in [-0.1, -0.05) is 30.1 Å². The van der Waals surface area contributed by atoms with Crippen molar-refractivity contribution in [2.45, 2.75) is 26.4 Å². The third kappa shape index (κ3) is 6.62. The molecule has 2 aromatic carbocycles. The van der Waals surface area contributed by atoms with Crippen LogP contribution in [0.3, 0.4) is 0 Å². The molecule has 0 aliphatic heterocycles. The van der Waals surface area contributed by atoms with Gasteiger partial charge in [0.2, 0.25) is 0 Å². The normalized spacial score (nSPS) is 11.9. The minimum Gasteiger partial charge on any atom is -0.493 e. The number of hydrazone groups is 1. The van der Waals surface area contributed by atoms with E-state index in [0.717, 1.165) is 6.42 Å². The Labute approximate surface area is 174 Å². The Hall–Kier alpha value is -2.44. The van der Waals surface area contributed by atoms with Gasteiger partial charge in [-0.25, -0.2) is 5.43 Å². The molecule has 0 fully saturated rings. The van der Waals surface area contributed by atoms with E-state index < -0.39 is 5.91 Å². The molecule has 0 bridgehead atoms. The molecule has 1 N–H and O–H groups in total. The predicted octanol–water partition coefficient (Wildman–Crippen LogP) is 4.71. The van der Waals surface area contributed by atoms with Crippen LogP contribution in [0.15, 0.2) is 41.5 Å². The largest absolute Gasteiger partial charge is 0.493 e. The number of carbonyl (C=O) groups is 1. The van der Waals surface area contributed by atoms with Crippen molar-refractivity contribution in [1.82, 2.24) is 5.43 Å². The molecule has 150 valence electrons. The second-order valence-electron chi connectivity index (χ2n) is 5.91. The summed E-state index contributed by atoms with van der Waals surface area (Å²) in [6, 6.07) is 10.1. The number of benzene rings is 2. The van der Waals surface area contributed by atoms with Gasteiger partial charge in [-0.2, -0.15) is 5.10 Å². The molecule has 8 heteroatoms. The number of nitrogens with zero attached hydrogens (tertiary/aromatic N) is 1. The van der Waals surface area contributed by atoms with E-state index in [1.54, 1.807) is 36.4 Å². The van der Waals surface area contributed by atoms with Gasteiger partial charge in [-0.05, 0) is 55.3 Å². The lowest BCUT2D eigenvalue weighted by molar-refractivity contribution is -0.123. The smallest absolute Gasteiger partial charge is 0.277 e. The van der Waals surface area contributed by atoms with Gasteiger partial charge in [0.15, 0.2) is 18.1 Å². The summed E-state index contributed by atoms with van der Waals surface area (Å²) in [6.45, 7) is 3.79. The van der Waals surface area contributed by atoms with E-state index in [2.05, 4.69) is 10.5 Å². The van der Waals surface area contributed by atoms with Crippen LogP contribution in [0, 0.1) is 0 Å². The molecule has 0 radical (unpaired) electrons. The van der Waals surface area contributed by atoms with Crippen LogP contribution in [0.25, 0.3) is 0 Å². The Balaban J connectivity index is 1.94. The molecule has 2 rings (SSSR count). The van der Waals surface area contributed by atoms with Gasteiger partial charge >= 0.3 is 0 Å². The number of ether oxygens (including phenoxy) is 3. The molecule has 0 saturated heterocycles. The summed E-state index contributed by atoms with van der Waals surface area (Å²) in [7, 11) is 1.53. The van der Waals surface area contributed by atoms with E-state index in [0.29, 0.717) is 32.9 Å². The molecular formula is C20H22Cl2N2O4. The molecule has 1 atom stereocenters. The molecule has 0 aromatic heterocycles. The van der Waals surface area contributed by atoms with E-state index in [9.17, 15) is 4.79 Å². The summed E-state index contributed by atoms with van der Waals surface area (Å²) >= 11 is 12.1. The van der Waals surface area contributed by atoms with Crippen LogP contribution in [0.5, 0.6) is 17.2 Å². The molecule has 28 heavy (non-hydrogen) atoms. The van der Waals surface area contributed by atoms with Gasteiger partial charge in [0.1, 0.15) is 5.75 Å². The molecule has 0 aliphatic carbocycles. The first kappa shape index (κ1) is 21.9. The molecule has 0 spiro atoms. The van der Waals surface area contributed by atoms with Crippen LogP contribution in [0.4, 0.5) is 0 Å². The topological polar surface area (TPSA) is 69.2 Å². The van der Waals surface area contributed by atoms with Gasteiger partial charge in [-0.3, -0.25) is 4.79 Å². The average molecular weight is 425 g/mol. The van der Waals surface area contributed by atoms with Crippen LogP contribution >= 0.6 is 23.2 Å². The predicted molar refractivity (Wildman–Crippen MR) is 111 cm³/mol. The van der Waals surface area contributed by atoms with Gasteiger partial charge < -0.3 is 14.2 Å². The summed E-state index contributed by atoms with van der Waals surface area (Å²) in [6.07, 6.45) is 2.31. The van der Waals surface area contributed by atoms with Crippen molar-refractivity contribution < 1.29 is 19.0 Å². The van der Waals surface area contributed by atoms with Crippen molar-refractivity contribution in [3.63, 3.8) is 0 Å². The Morgan fingerprint density at radius 3 is 2.61 bits per heavy atom. The fourth-order valence-electron chi connectivity index (χ4n) is 2.10. The van der Waals surface area contributed by atoms with Gasteiger partial charge in [-0.15, -0.1) is 0 Å². The van der Waals surface area contributed by atoms with E-state index in [-0.39, 0.29) is 12.7 Å². The fraction of sp³-hybridized carbons (Fsp3) is 0.300. The zero-order valence-corrected chi connectivity index (χ0v) is 17.4. The standard InChI is InChI=1S/C20H22Cl2N2O4/c1-4-13(2)28-20-17(22)9-14(10-18(20)26-3)11-23-24-19(25)12-27-16-7-5-15(21)6-8-16/h5-11,13H,4,12H2,1-3H3,(H,24,25)/b23-11-/t13-/m0/s1. The van der Waals surface area contributed by atoms with Crippen molar-refractivity contribution in [2.75, 3.05) is 13.7 Å². The molecule has 0 unspecified atom stereocenters. The first-order chi connectivity index (χ1) is 13.4. The summed E-state index contributed by atoms with van der Waals surface area (Å²) < 4.78 is 16.5. The molecular weight excluding hydrogens is 403 g/mol. The van der Waals surface area contributed by atoms with Crippen molar-refractivity contribution in [3.8, 4) is 17.2 Å². The molecule has 6 nitrogen and oxygen atoms in total. The molecule has 0 heterocycles. The van der Waals surface area contributed by atoms with Crippen LogP contribution in [0.1, 0.15) is 25.8 Å².